The molecule has 1 saturated heterocycles. The van der Waals surface area contributed by atoms with Crippen molar-refractivity contribution in [2.24, 2.45) is 0 Å². The minimum absolute atomic E-state index is 0.113. The number of likely N-dealkylation sites (tertiary alicyclic amines) is 1. The number of benzene rings is 1. The third-order valence-corrected chi connectivity index (χ3v) is 3.40. The summed E-state index contributed by atoms with van der Waals surface area (Å²) in [6, 6.07) is 3.62. The summed E-state index contributed by atoms with van der Waals surface area (Å²) in [6.07, 6.45) is -0.670. The molecular formula is C12H11BrFNO3. The van der Waals surface area contributed by atoms with E-state index < -0.39 is 18.0 Å². The molecule has 1 aromatic rings. The summed E-state index contributed by atoms with van der Waals surface area (Å²) in [5.41, 5.74) is 0.605. The summed E-state index contributed by atoms with van der Waals surface area (Å²) in [7, 11) is 0. The number of amides is 1. The number of carbonyl (C=O) groups is 2. The molecule has 4 nitrogen and oxygen atoms in total. The van der Waals surface area contributed by atoms with Crippen molar-refractivity contribution in [1.29, 1.82) is 0 Å². The predicted molar refractivity (Wildman–Crippen MR) is 65.9 cm³/mol. The van der Waals surface area contributed by atoms with E-state index in [9.17, 15) is 14.0 Å². The van der Waals surface area contributed by atoms with Crippen LogP contribution in [-0.2, 0) is 11.2 Å². The molecule has 1 amide bonds. The zero-order chi connectivity index (χ0) is 13.3. The maximum atomic E-state index is 13.2. The Morgan fingerprint density at radius 1 is 1.50 bits per heavy atom. The molecule has 1 aliphatic rings. The van der Waals surface area contributed by atoms with Crippen LogP contribution in [0.1, 0.15) is 12.0 Å². The maximum Gasteiger partial charge on any atom is 0.407 e. The molecule has 2 rings (SSSR count). The standard InChI is InChI=1S/C12H11BrFNO3/c13-8-3-7(4-9(14)6-8)5-10-11(16)1-2-15(10)12(17)18/h3-4,6,10H,1-2,5H2,(H,17,18). The molecule has 6 heteroatoms. The molecular weight excluding hydrogens is 305 g/mol. The Morgan fingerprint density at radius 2 is 2.22 bits per heavy atom. The fraction of sp³-hybridized carbons (Fsp3) is 0.333. The molecule has 1 aromatic carbocycles. The van der Waals surface area contributed by atoms with Crippen LogP contribution >= 0.6 is 15.9 Å². The first-order valence-electron chi connectivity index (χ1n) is 5.44. The van der Waals surface area contributed by atoms with Gasteiger partial charge in [-0.2, -0.15) is 0 Å². The number of rotatable bonds is 2. The lowest BCUT2D eigenvalue weighted by Crippen LogP contribution is -2.38. The number of carbonyl (C=O) groups excluding carboxylic acids is 1. The summed E-state index contributed by atoms with van der Waals surface area (Å²) < 4.78 is 13.8. The molecule has 1 heterocycles. The van der Waals surface area contributed by atoms with E-state index in [0.717, 1.165) is 4.90 Å². The lowest BCUT2D eigenvalue weighted by Gasteiger charge is -2.20. The minimum Gasteiger partial charge on any atom is -0.465 e. The third-order valence-electron chi connectivity index (χ3n) is 2.94. The third kappa shape index (κ3) is 2.69. The number of hydrogen-bond donors (Lipinski definition) is 1. The van der Waals surface area contributed by atoms with Gasteiger partial charge in [0.15, 0.2) is 5.78 Å². The van der Waals surface area contributed by atoms with Crippen LogP contribution in [0.3, 0.4) is 0 Å². The highest BCUT2D eigenvalue weighted by Gasteiger charge is 2.35. The first-order chi connectivity index (χ1) is 8.47. The summed E-state index contributed by atoms with van der Waals surface area (Å²) in [5, 5.41) is 8.98. The van der Waals surface area contributed by atoms with Gasteiger partial charge in [0.05, 0.1) is 6.04 Å². The topological polar surface area (TPSA) is 57.6 Å². The van der Waals surface area contributed by atoms with E-state index >= 15 is 0 Å². The molecule has 1 aliphatic heterocycles. The Morgan fingerprint density at radius 3 is 2.83 bits per heavy atom. The fourth-order valence-corrected chi connectivity index (χ4v) is 2.64. The Kier molecular flexibility index (Phi) is 3.65. The fourth-order valence-electron chi connectivity index (χ4n) is 2.13. The van der Waals surface area contributed by atoms with E-state index in [1.165, 1.54) is 12.1 Å². The molecule has 1 atom stereocenters. The second-order valence-corrected chi connectivity index (χ2v) is 5.11. The average Bonchev–Trinajstić information content (AvgIpc) is 2.59. The molecule has 0 radical (unpaired) electrons. The normalized spacial score (nSPS) is 19.3. The van der Waals surface area contributed by atoms with Crippen LogP contribution in [0.4, 0.5) is 9.18 Å². The smallest absolute Gasteiger partial charge is 0.407 e. The van der Waals surface area contributed by atoms with Gasteiger partial charge < -0.3 is 5.11 Å². The molecule has 1 N–H and O–H groups in total. The molecule has 0 spiro atoms. The first-order valence-corrected chi connectivity index (χ1v) is 6.24. The first kappa shape index (κ1) is 13.0. The van der Waals surface area contributed by atoms with Crippen LogP contribution in [-0.4, -0.2) is 34.5 Å². The number of carboxylic acid groups (broad SMARTS) is 1. The number of hydrogen-bond acceptors (Lipinski definition) is 2. The van der Waals surface area contributed by atoms with E-state index in [1.807, 2.05) is 0 Å². The van der Waals surface area contributed by atoms with Gasteiger partial charge in [0, 0.05) is 23.9 Å². The van der Waals surface area contributed by atoms with Crippen molar-refractivity contribution in [2.75, 3.05) is 6.54 Å². The zero-order valence-corrected chi connectivity index (χ0v) is 11.0. The Hall–Kier alpha value is -1.43. The van der Waals surface area contributed by atoms with Crippen LogP contribution in [0.2, 0.25) is 0 Å². The van der Waals surface area contributed by atoms with Crippen LogP contribution in [0.25, 0.3) is 0 Å². The van der Waals surface area contributed by atoms with E-state index in [0.29, 0.717) is 10.0 Å². The van der Waals surface area contributed by atoms with Gasteiger partial charge >= 0.3 is 6.09 Å². The van der Waals surface area contributed by atoms with E-state index in [1.54, 1.807) is 6.07 Å². The highest BCUT2D eigenvalue weighted by Crippen LogP contribution is 2.21. The van der Waals surface area contributed by atoms with Crippen LogP contribution in [0.15, 0.2) is 22.7 Å². The zero-order valence-electron chi connectivity index (χ0n) is 9.40. The monoisotopic (exact) mass is 315 g/mol. The lowest BCUT2D eigenvalue weighted by atomic mass is 10.0. The Balaban J connectivity index is 2.21. The summed E-state index contributed by atoms with van der Waals surface area (Å²) >= 11 is 3.17. The van der Waals surface area contributed by atoms with Crippen molar-refractivity contribution < 1.29 is 19.1 Å². The SMILES string of the molecule is O=C1CCN(C(=O)O)C1Cc1cc(F)cc(Br)c1. The molecule has 0 aromatic heterocycles. The maximum absolute atomic E-state index is 13.2. The summed E-state index contributed by atoms with van der Waals surface area (Å²) in [4.78, 5) is 23.7. The van der Waals surface area contributed by atoms with Crippen molar-refractivity contribution in [2.45, 2.75) is 18.9 Å². The van der Waals surface area contributed by atoms with Crippen LogP contribution in [0, 0.1) is 5.82 Å². The van der Waals surface area contributed by atoms with Crippen molar-refractivity contribution in [3.8, 4) is 0 Å². The Labute approximate surface area is 112 Å². The average molecular weight is 316 g/mol. The van der Waals surface area contributed by atoms with Crippen molar-refractivity contribution in [1.82, 2.24) is 4.90 Å². The van der Waals surface area contributed by atoms with E-state index in [2.05, 4.69) is 15.9 Å². The molecule has 96 valence electrons. The second kappa shape index (κ2) is 5.06. The highest BCUT2D eigenvalue weighted by molar-refractivity contribution is 9.10. The van der Waals surface area contributed by atoms with Gasteiger partial charge in [-0.15, -0.1) is 0 Å². The molecule has 1 fully saturated rings. The number of ketones is 1. The quantitative estimate of drug-likeness (QED) is 0.912. The van der Waals surface area contributed by atoms with Gasteiger partial charge in [-0.3, -0.25) is 9.69 Å². The van der Waals surface area contributed by atoms with Crippen molar-refractivity contribution in [3.63, 3.8) is 0 Å². The summed E-state index contributed by atoms with van der Waals surface area (Å²) in [6.45, 7) is 0.218. The number of nitrogens with zero attached hydrogens (tertiary/aromatic N) is 1. The molecule has 0 bridgehead atoms. The number of Topliss-reactive ketones (excluding diaryl/α,β-unsaturated/α-hetero) is 1. The van der Waals surface area contributed by atoms with Gasteiger partial charge in [0.2, 0.25) is 0 Å². The van der Waals surface area contributed by atoms with Crippen LogP contribution < -0.4 is 0 Å². The largest absolute Gasteiger partial charge is 0.465 e. The predicted octanol–water partition coefficient (Wildman–Crippen LogP) is 2.45. The van der Waals surface area contributed by atoms with Gasteiger partial charge in [-0.05, 0) is 23.8 Å². The second-order valence-electron chi connectivity index (χ2n) is 4.19. The van der Waals surface area contributed by atoms with Crippen LogP contribution in [0.5, 0.6) is 0 Å². The molecule has 0 aliphatic carbocycles. The van der Waals surface area contributed by atoms with E-state index in [4.69, 9.17) is 5.11 Å². The number of halogens is 2. The van der Waals surface area contributed by atoms with Gasteiger partial charge in [0.1, 0.15) is 5.82 Å². The molecule has 1 unspecified atom stereocenters. The van der Waals surface area contributed by atoms with Crippen molar-refractivity contribution >= 4 is 27.8 Å². The Bertz CT molecular complexity index is 486. The van der Waals surface area contributed by atoms with Gasteiger partial charge in [0.25, 0.3) is 0 Å². The van der Waals surface area contributed by atoms with Gasteiger partial charge in [-0.25, -0.2) is 9.18 Å². The van der Waals surface area contributed by atoms with Gasteiger partial charge in [-0.1, -0.05) is 15.9 Å². The highest BCUT2D eigenvalue weighted by atomic mass is 79.9. The summed E-state index contributed by atoms with van der Waals surface area (Å²) in [5.74, 6) is -0.524. The molecule has 18 heavy (non-hydrogen) atoms. The molecule has 0 saturated carbocycles. The minimum atomic E-state index is -1.11. The van der Waals surface area contributed by atoms with E-state index in [-0.39, 0.29) is 25.2 Å². The lowest BCUT2D eigenvalue weighted by molar-refractivity contribution is -0.119. The van der Waals surface area contributed by atoms with Crippen molar-refractivity contribution in [3.05, 3.63) is 34.1 Å².